The molecule has 1 atom stereocenters. The number of aromatic amines is 1. The number of thiazole rings is 1. The van der Waals surface area contributed by atoms with Gasteiger partial charge in [0.25, 0.3) is 11.5 Å². The van der Waals surface area contributed by atoms with Crippen LogP contribution in [-0.4, -0.2) is 38.8 Å². The predicted molar refractivity (Wildman–Crippen MR) is 112 cm³/mol. The number of piperidine rings is 1. The van der Waals surface area contributed by atoms with Crippen molar-refractivity contribution in [2.45, 2.75) is 49.9 Å². The van der Waals surface area contributed by atoms with E-state index in [9.17, 15) is 9.59 Å². The first-order chi connectivity index (χ1) is 14.1. The smallest absolute Gasteiger partial charge is 0.255 e. The van der Waals surface area contributed by atoms with Gasteiger partial charge in [-0.15, -0.1) is 11.3 Å². The molecule has 7 heteroatoms. The van der Waals surface area contributed by atoms with Crippen LogP contribution in [-0.2, 0) is 11.8 Å². The molecule has 3 aliphatic rings. The molecule has 1 aromatic carbocycles. The van der Waals surface area contributed by atoms with Crippen LogP contribution in [0.25, 0.3) is 10.2 Å². The number of hydrogen-bond donors (Lipinski definition) is 1. The Labute approximate surface area is 172 Å². The van der Waals surface area contributed by atoms with E-state index in [1.165, 1.54) is 11.3 Å². The van der Waals surface area contributed by atoms with Gasteiger partial charge in [0.2, 0.25) is 0 Å². The number of aromatic nitrogens is 3. The summed E-state index contributed by atoms with van der Waals surface area (Å²) in [6.45, 7) is 1.40. The molecular formula is C22H22N4O2S. The molecule has 2 aliphatic carbocycles. The highest BCUT2D eigenvalue weighted by Gasteiger charge is 2.46. The van der Waals surface area contributed by atoms with Crippen LogP contribution in [0, 0.1) is 0 Å². The summed E-state index contributed by atoms with van der Waals surface area (Å²) < 4.78 is 0.953. The van der Waals surface area contributed by atoms with Crippen molar-refractivity contribution >= 4 is 27.5 Å². The molecule has 3 aromatic rings. The summed E-state index contributed by atoms with van der Waals surface area (Å²) in [4.78, 5) is 40.4. The molecule has 6 rings (SSSR count). The Morgan fingerprint density at radius 3 is 3.03 bits per heavy atom. The summed E-state index contributed by atoms with van der Waals surface area (Å²) >= 11 is 1.52. The number of rotatable bonds is 2. The summed E-state index contributed by atoms with van der Waals surface area (Å²) in [7, 11) is 0. The lowest BCUT2D eigenvalue weighted by atomic mass is 9.77. The maximum Gasteiger partial charge on any atom is 0.255 e. The first-order valence-electron chi connectivity index (χ1n) is 10.4. The zero-order valence-electron chi connectivity index (χ0n) is 16.1. The Kier molecular flexibility index (Phi) is 3.72. The maximum atomic E-state index is 13.4. The molecule has 2 fully saturated rings. The fourth-order valence-corrected chi connectivity index (χ4v) is 5.94. The van der Waals surface area contributed by atoms with Crippen molar-refractivity contribution in [2.75, 3.05) is 13.1 Å². The number of carbonyl (C=O) groups excluding carboxylic acids is 1. The van der Waals surface area contributed by atoms with Crippen LogP contribution < -0.4 is 5.56 Å². The van der Waals surface area contributed by atoms with Gasteiger partial charge in [0.15, 0.2) is 0 Å². The zero-order valence-corrected chi connectivity index (χ0v) is 16.9. The van der Waals surface area contributed by atoms with Crippen LogP contribution in [0.15, 0.2) is 28.5 Å². The third-order valence-corrected chi connectivity index (χ3v) is 7.68. The Bertz CT molecular complexity index is 1190. The van der Waals surface area contributed by atoms with Crippen LogP contribution in [0.4, 0.5) is 0 Å². The molecule has 1 unspecified atom stereocenters. The zero-order chi connectivity index (χ0) is 19.6. The summed E-state index contributed by atoms with van der Waals surface area (Å²) in [5.74, 6) is 1.34. The normalized spacial score (nSPS) is 23.7. The van der Waals surface area contributed by atoms with E-state index in [0.717, 1.165) is 77.9 Å². The highest BCUT2D eigenvalue weighted by Crippen LogP contribution is 2.45. The molecule has 0 radical (unpaired) electrons. The van der Waals surface area contributed by atoms with Gasteiger partial charge in [-0.3, -0.25) is 9.59 Å². The van der Waals surface area contributed by atoms with E-state index in [4.69, 9.17) is 4.98 Å². The molecule has 1 aliphatic heterocycles. The molecule has 148 valence electrons. The molecular weight excluding hydrogens is 384 g/mol. The summed E-state index contributed by atoms with van der Waals surface area (Å²) in [5, 5.41) is 0. The van der Waals surface area contributed by atoms with Crippen LogP contribution in [0.3, 0.4) is 0 Å². The SMILES string of the molecule is O=C(c1cccc2ncsc12)N1CCCC2(CCc3c2nc(C2CC2)[nH]c3=O)C1. The van der Waals surface area contributed by atoms with Gasteiger partial charge >= 0.3 is 0 Å². The molecule has 1 saturated carbocycles. The van der Waals surface area contributed by atoms with E-state index < -0.39 is 0 Å². The van der Waals surface area contributed by atoms with Gasteiger partial charge in [0, 0.05) is 30.0 Å². The molecule has 6 nitrogen and oxygen atoms in total. The number of nitrogens with zero attached hydrogens (tertiary/aromatic N) is 3. The minimum Gasteiger partial charge on any atom is -0.338 e. The fraction of sp³-hybridized carbons (Fsp3) is 0.455. The molecule has 1 spiro atoms. The number of H-pyrrole nitrogens is 1. The van der Waals surface area contributed by atoms with E-state index in [0.29, 0.717) is 12.5 Å². The van der Waals surface area contributed by atoms with Gasteiger partial charge in [-0.1, -0.05) is 6.07 Å². The Morgan fingerprint density at radius 2 is 2.17 bits per heavy atom. The molecule has 29 heavy (non-hydrogen) atoms. The molecule has 1 amide bonds. The van der Waals surface area contributed by atoms with Crippen LogP contribution >= 0.6 is 11.3 Å². The number of nitrogens with one attached hydrogen (secondary N) is 1. The number of likely N-dealkylation sites (tertiary alicyclic amines) is 1. The summed E-state index contributed by atoms with van der Waals surface area (Å²) in [6.07, 6.45) is 5.82. The Hall–Kier alpha value is -2.54. The number of carbonyl (C=O) groups is 1. The maximum absolute atomic E-state index is 13.4. The van der Waals surface area contributed by atoms with Crippen molar-refractivity contribution in [1.29, 1.82) is 0 Å². The minimum atomic E-state index is -0.178. The predicted octanol–water partition coefficient (Wildman–Crippen LogP) is 3.38. The molecule has 0 bridgehead atoms. The largest absolute Gasteiger partial charge is 0.338 e. The van der Waals surface area contributed by atoms with Crippen molar-refractivity contribution < 1.29 is 4.79 Å². The summed E-state index contributed by atoms with van der Waals surface area (Å²) in [5.41, 5.74) is 5.07. The first kappa shape index (κ1) is 17.3. The van der Waals surface area contributed by atoms with Gasteiger partial charge in [-0.25, -0.2) is 9.97 Å². The second-order valence-electron chi connectivity index (χ2n) is 8.67. The molecule has 3 heterocycles. The second-order valence-corrected chi connectivity index (χ2v) is 9.52. The lowest BCUT2D eigenvalue weighted by molar-refractivity contribution is 0.0635. The van der Waals surface area contributed by atoms with E-state index in [-0.39, 0.29) is 16.9 Å². The van der Waals surface area contributed by atoms with E-state index in [2.05, 4.69) is 9.97 Å². The standard InChI is InChI=1S/C22H22N4O2S/c27-20-15-7-9-22(18(15)24-19(25-20)13-5-6-13)8-2-10-26(11-22)21(28)14-3-1-4-16-17(14)29-12-23-16/h1,3-4,12-13H,2,5-11H2,(H,24,25,27). The van der Waals surface area contributed by atoms with Crippen LogP contribution in [0.2, 0.25) is 0 Å². The number of hydrogen-bond acceptors (Lipinski definition) is 5. The molecule has 1 saturated heterocycles. The number of benzene rings is 1. The highest BCUT2D eigenvalue weighted by molar-refractivity contribution is 7.17. The lowest BCUT2D eigenvalue weighted by Gasteiger charge is -2.40. The van der Waals surface area contributed by atoms with Crippen molar-refractivity contribution in [3.05, 3.63) is 56.7 Å². The van der Waals surface area contributed by atoms with Crippen molar-refractivity contribution in [3.63, 3.8) is 0 Å². The third-order valence-electron chi connectivity index (χ3n) is 6.80. The minimum absolute atomic E-state index is 0.0339. The van der Waals surface area contributed by atoms with E-state index >= 15 is 0 Å². The number of fused-ring (bicyclic) bond motifs is 3. The van der Waals surface area contributed by atoms with Gasteiger partial charge in [0.05, 0.1) is 27.0 Å². The van der Waals surface area contributed by atoms with E-state index in [1.54, 1.807) is 5.51 Å². The third kappa shape index (κ3) is 2.67. The van der Waals surface area contributed by atoms with Crippen LogP contribution in [0.1, 0.15) is 65.5 Å². The molecule has 2 aromatic heterocycles. The van der Waals surface area contributed by atoms with Crippen molar-refractivity contribution in [3.8, 4) is 0 Å². The second kappa shape index (κ2) is 6.23. The first-order valence-corrected chi connectivity index (χ1v) is 11.3. The van der Waals surface area contributed by atoms with E-state index in [1.807, 2.05) is 23.1 Å². The van der Waals surface area contributed by atoms with Gasteiger partial charge in [-0.05, 0) is 50.7 Å². The average Bonchev–Trinajstić information content (AvgIpc) is 3.38. The van der Waals surface area contributed by atoms with Crippen LogP contribution in [0.5, 0.6) is 0 Å². The quantitative estimate of drug-likeness (QED) is 0.708. The molecule has 1 N–H and O–H groups in total. The highest BCUT2D eigenvalue weighted by atomic mass is 32.1. The topological polar surface area (TPSA) is 79.0 Å². The Morgan fingerprint density at radius 1 is 1.28 bits per heavy atom. The van der Waals surface area contributed by atoms with Gasteiger partial charge < -0.3 is 9.88 Å². The fourth-order valence-electron chi connectivity index (χ4n) is 5.15. The Balaban J connectivity index is 1.37. The lowest BCUT2D eigenvalue weighted by Crippen LogP contribution is -2.48. The average molecular weight is 407 g/mol. The number of amides is 1. The van der Waals surface area contributed by atoms with Gasteiger partial charge in [-0.2, -0.15) is 0 Å². The van der Waals surface area contributed by atoms with Gasteiger partial charge in [0.1, 0.15) is 5.82 Å². The van der Waals surface area contributed by atoms with Crippen molar-refractivity contribution in [2.24, 2.45) is 0 Å². The van der Waals surface area contributed by atoms with Crippen molar-refractivity contribution in [1.82, 2.24) is 19.9 Å². The monoisotopic (exact) mass is 406 g/mol. The summed E-state index contributed by atoms with van der Waals surface area (Å²) in [6, 6.07) is 5.76.